The van der Waals surface area contributed by atoms with E-state index >= 15 is 0 Å². The van der Waals surface area contributed by atoms with Crippen LogP contribution in [-0.4, -0.2) is 0 Å². The van der Waals surface area contributed by atoms with Crippen LogP contribution in [0.15, 0.2) is 30.3 Å². The fourth-order valence-corrected chi connectivity index (χ4v) is 1.98. The van der Waals surface area contributed by atoms with Crippen molar-refractivity contribution in [1.82, 2.24) is 0 Å². The van der Waals surface area contributed by atoms with E-state index in [0.717, 1.165) is 0 Å². The van der Waals surface area contributed by atoms with Crippen LogP contribution in [0.5, 0.6) is 0 Å². The van der Waals surface area contributed by atoms with Gasteiger partial charge in [0.2, 0.25) is 0 Å². The first kappa shape index (κ1) is 8.80. The van der Waals surface area contributed by atoms with Crippen molar-refractivity contribution in [3.63, 3.8) is 0 Å². The van der Waals surface area contributed by atoms with E-state index in [1.54, 1.807) is 0 Å². The SMILES string of the molecule is [CH2]C1(CCc2ccccc2)CCC1. The molecule has 1 aliphatic rings. The smallest absolute Gasteiger partial charge is 0.0274 e. The van der Waals surface area contributed by atoms with Gasteiger partial charge in [-0.2, -0.15) is 0 Å². The Labute approximate surface area is 81.0 Å². The lowest BCUT2D eigenvalue weighted by atomic mass is 9.67. The van der Waals surface area contributed by atoms with E-state index in [2.05, 4.69) is 37.3 Å². The highest BCUT2D eigenvalue weighted by molar-refractivity contribution is 5.15. The Morgan fingerprint density at radius 3 is 2.38 bits per heavy atom. The molecule has 1 aromatic rings. The molecule has 0 amide bonds. The second kappa shape index (κ2) is 3.53. The van der Waals surface area contributed by atoms with Gasteiger partial charge in [-0.15, -0.1) is 0 Å². The molecule has 0 saturated heterocycles. The van der Waals surface area contributed by atoms with E-state index in [4.69, 9.17) is 0 Å². The molecule has 0 bridgehead atoms. The molecule has 1 fully saturated rings. The van der Waals surface area contributed by atoms with E-state index in [-0.39, 0.29) is 0 Å². The summed E-state index contributed by atoms with van der Waals surface area (Å²) < 4.78 is 0. The summed E-state index contributed by atoms with van der Waals surface area (Å²) in [5.41, 5.74) is 1.88. The van der Waals surface area contributed by atoms with Crippen molar-refractivity contribution >= 4 is 0 Å². The van der Waals surface area contributed by atoms with Gasteiger partial charge in [0.05, 0.1) is 0 Å². The number of hydrogen-bond donors (Lipinski definition) is 0. The fraction of sp³-hybridized carbons (Fsp3) is 0.462. The molecule has 1 radical (unpaired) electrons. The lowest BCUT2D eigenvalue weighted by molar-refractivity contribution is 0.184. The quantitative estimate of drug-likeness (QED) is 0.655. The predicted molar refractivity (Wildman–Crippen MR) is 56.4 cm³/mol. The molecule has 0 N–H and O–H groups in total. The number of benzene rings is 1. The van der Waals surface area contributed by atoms with Crippen LogP contribution in [0.25, 0.3) is 0 Å². The molecule has 69 valence electrons. The van der Waals surface area contributed by atoms with Crippen molar-refractivity contribution in [1.29, 1.82) is 0 Å². The maximum absolute atomic E-state index is 4.29. The highest BCUT2D eigenvalue weighted by atomic mass is 14.4. The fourth-order valence-electron chi connectivity index (χ4n) is 1.98. The van der Waals surface area contributed by atoms with E-state index in [9.17, 15) is 0 Å². The predicted octanol–water partition coefficient (Wildman–Crippen LogP) is 3.62. The van der Waals surface area contributed by atoms with Crippen molar-refractivity contribution in [2.45, 2.75) is 32.1 Å². The lowest BCUT2D eigenvalue weighted by Crippen LogP contribution is -2.26. The zero-order chi connectivity index (χ0) is 9.15. The number of aryl methyl sites for hydroxylation is 1. The zero-order valence-electron chi connectivity index (χ0n) is 8.13. The molecule has 0 aliphatic heterocycles. The van der Waals surface area contributed by atoms with Crippen LogP contribution in [0.2, 0.25) is 0 Å². The monoisotopic (exact) mass is 173 g/mol. The third-order valence-electron chi connectivity index (χ3n) is 3.20. The lowest BCUT2D eigenvalue weighted by Gasteiger charge is -2.38. The van der Waals surface area contributed by atoms with Crippen molar-refractivity contribution in [2.24, 2.45) is 5.41 Å². The van der Waals surface area contributed by atoms with Crippen molar-refractivity contribution in [2.75, 3.05) is 0 Å². The second-order valence-corrected chi connectivity index (χ2v) is 4.34. The van der Waals surface area contributed by atoms with E-state index in [1.165, 1.54) is 37.7 Å². The van der Waals surface area contributed by atoms with Crippen molar-refractivity contribution < 1.29 is 0 Å². The van der Waals surface area contributed by atoms with Crippen LogP contribution in [0, 0.1) is 12.3 Å². The molecule has 0 nitrogen and oxygen atoms in total. The highest BCUT2D eigenvalue weighted by Crippen LogP contribution is 2.43. The first-order chi connectivity index (χ1) is 6.29. The summed E-state index contributed by atoms with van der Waals surface area (Å²) in [5.74, 6) is 0. The Hall–Kier alpha value is -0.780. The third kappa shape index (κ3) is 2.12. The number of rotatable bonds is 3. The van der Waals surface area contributed by atoms with E-state index in [1.807, 2.05) is 0 Å². The Balaban J connectivity index is 1.86. The maximum atomic E-state index is 4.29. The molecular weight excluding hydrogens is 156 g/mol. The average molecular weight is 173 g/mol. The molecule has 0 spiro atoms. The van der Waals surface area contributed by atoms with Crippen LogP contribution in [0.4, 0.5) is 0 Å². The molecule has 1 aromatic carbocycles. The zero-order valence-corrected chi connectivity index (χ0v) is 8.13. The van der Waals surface area contributed by atoms with Gasteiger partial charge < -0.3 is 0 Å². The molecular formula is C13H17. The van der Waals surface area contributed by atoms with Gasteiger partial charge in [0.25, 0.3) is 0 Å². The van der Waals surface area contributed by atoms with Crippen molar-refractivity contribution in [3.05, 3.63) is 42.8 Å². The van der Waals surface area contributed by atoms with Gasteiger partial charge >= 0.3 is 0 Å². The van der Waals surface area contributed by atoms with Gasteiger partial charge in [-0.05, 0) is 43.6 Å². The van der Waals surface area contributed by atoms with Gasteiger partial charge in [0.15, 0.2) is 0 Å². The molecule has 13 heavy (non-hydrogen) atoms. The molecule has 0 atom stereocenters. The minimum absolute atomic E-state index is 0.426. The summed E-state index contributed by atoms with van der Waals surface area (Å²) in [6.07, 6.45) is 6.51. The summed E-state index contributed by atoms with van der Waals surface area (Å²) >= 11 is 0. The summed E-state index contributed by atoms with van der Waals surface area (Å²) in [7, 11) is 0. The van der Waals surface area contributed by atoms with Crippen LogP contribution < -0.4 is 0 Å². The van der Waals surface area contributed by atoms with Crippen LogP contribution in [-0.2, 0) is 6.42 Å². The maximum Gasteiger partial charge on any atom is -0.0274 e. The van der Waals surface area contributed by atoms with E-state index < -0.39 is 0 Å². The molecule has 1 saturated carbocycles. The first-order valence-corrected chi connectivity index (χ1v) is 5.18. The molecule has 0 heterocycles. The Morgan fingerprint density at radius 2 is 1.85 bits per heavy atom. The second-order valence-electron chi connectivity index (χ2n) is 4.34. The normalized spacial score (nSPS) is 19.5. The molecule has 1 aliphatic carbocycles. The summed E-state index contributed by atoms with van der Waals surface area (Å²) in [5, 5.41) is 0. The summed E-state index contributed by atoms with van der Waals surface area (Å²) in [4.78, 5) is 0. The molecule has 0 unspecified atom stereocenters. The van der Waals surface area contributed by atoms with Gasteiger partial charge in [-0.25, -0.2) is 0 Å². The van der Waals surface area contributed by atoms with E-state index in [0.29, 0.717) is 5.41 Å². The Kier molecular flexibility index (Phi) is 2.39. The standard InChI is InChI=1S/C13H17/c1-13(9-5-10-13)11-8-12-6-3-2-4-7-12/h2-4,6-7H,1,5,8-11H2. The van der Waals surface area contributed by atoms with Gasteiger partial charge in [0.1, 0.15) is 0 Å². The largest absolute Gasteiger partial charge is 0.0622 e. The molecule has 0 aromatic heterocycles. The summed E-state index contributed by atoms with van der Waals surface area (Å²) in [6.45, 7) is 4.29. The van der Waals surface area contributed by atoms with Crippen LogP contribution >= 0.6 is 0 Å². The first-order valence-electron chi connectivity index (χ1n) is 5.18. The van der Waals surface area contributed by atoms with Gasteiger partial charge in [0, 0.05) is 0 Å². The average Bonchev–Trinajstić information content (AvgIpc) is 2.13. The van der Waals surface area contributed by atoms with Crippen molar-refractivity contribution in [3.8, 4) is 0 Å². The van der Waals surface area contributed by atoms with Gasteiger partial charge in [-0.3, -0.25) is 0 Å². The Bertz CT molecular complexity index is 257. The minimum atomic E-state index is 0.426. The van der Waals surface area contributed by atoms with Crippen LogP contribution in [0.1, 0.15) is 31.2 Å². The van der Waals surface area contributed by atoms with Gasteiger partial charge in [-0.1, -0.05) is 36.8 Å². The molecule has 2 rings (SSSR count). The minimum Gasteiger partial charge on any atom is -0.0622 e. The summed E-state index contributed by atoms with van der Waals surface area (Å²) in [6, 6.07) is 10.7. The molecule has 0 heteroatoms. The topological polar surface area (TPSA) is 0 Å². The Morgan fingerprint density at radius 1 is 1.15 bits per heavy atom. The number of hydrogen-bond acceptors (Lipinski definition) is 0. The highest BCUT2D eigenvalue weighted by Gasteiger charge is 2.30. The van der Waals surface area contributed by atoms with Crippen LogP contribution in [0.3, 0.4) is 0 Å². The third-order valence-corrected chi connectivity index (χ3v) is 3.20.